The molecular weight excluding hydrogens is 239 g/mol. The zero-order valence-corrected chi connectivity index (χ0v) is 8.00. The van der Waals surface area contributed by atoms with E-state index in [1.54, 1.807) is 6.08 Å². The summed E-state index contributed by atoms with van der Waals surface area (Å²) >= 11 is 2.21. The van der Waals surface area contributed by atoms with E-state index < -0.39 is 0 Å². The highest BCUT2D eigenvalue weighted by Crippen LogP contribution is 2.08. The third-order valence-corrected chi connectivity index (χ3v) is 2.11. The molecule has 0 amide bonds. The van der Waals surface area contributed by atoms with Gasteiger partial charge in [-0.05, 0) is 6.08 Å². The summed E-state index contributed by atoms with van der Waals surface area (Å²) in [5, 5.41) is 0. The molecule has 0 atom stereocenters. The Morgan fingerprint density at radius 2 is 2.60 bits per heavy atom. The first-order valence-corrected chi connectivity index (χ1v) is 4.11. The number of rotatable bonds is 2. The van der Waals surface area contributed by atoms with Gasteiger partial charge in [-0.3, -0.25) is 2.78 Å². The van der Waals surface area contributed by atoms with Crippen LogP contribution in [0.25, 0.3) is 6.08 Å². The molecule has 10 heavy (non-hydrogen) atoms. The Morgan fingerprint density at radius 3 is 2.90 bits per heavy atom. The van der Waals surface area contributed by atoms with Crippen LogP contribution in [0.15, 0.2) is 12.8 Å². The summed E-state index contributed by atoms with van der Waals surface area (Å²) in [4.78, 5) is 4.28. The molecule has 54 valence electrons. The van der Waals surface area contributed by atoms with Gasteiger partial charge in [-0.1, -0.05) is 13.5 Å². The molecule has 1 aromatic rings. The Kier molecular flexibility index (Phi) is 2.48. The van der Waals surface area contributed by atoms with Gasteiger partial charge in [0.2, 0.25) is 0 Å². The van der Waals surface area contributed by atoms with Crippen LogP contribution in [-0.2, 0) is 6.42 Å². The lowest BCUT2D eigenvalue weighted by atomic mass is 10.5. The van der Waals surface area contributed by atoms with Crippen LogP contribution in [0.4, 0.5) is 0 Å². The Hall–Kier alpha value is -0.320. The second kappa shape index (κ2) is 3.18. The first-order chi connectivity index (χ1) is 4.77. The van der Waals surface area contributed by atoms with E-state index in [4.69, 9.17) is 0 Å². The molecule has 2 nitrogen and oxygen atoms in total. The first-order valence-electron chi connectivity index (χ1n) is 3.14. The Bertz CT molecular complexity index is 240. The molecule has 0 radical (unpaired) electrons. The summed E-state index contributed by atoms with van der Waals surface area (Å²) in [7, 11) is 0. The van der Waals surface area contributed by atoms with Crippen molar-refractivity contribution < 1.29 is 0 Å². The number of aromatic nitrogens is 2. The Morgan fingerprint density at radius 1 is 1.90 bits per heavy atom. The Labute approximate surface area is 74.5 Å². The van der Waals surface area contributed by atoms with Gasteiger partial charge in [0.15, 0.2) is 0 Å². The summed E-state index contributed by atoms with van der Waals surface area (Å²) < 4.78 is 1.99. The molecule has 0 saturated heterocycles. The highest BCUT2D eigenvalue weighted by atomic mass is 127. The molecule has 1 rings (SSSR count). The Balaban J connectivity index is 3.03. The molecule has 0 aliphatic carbocycles. The summed E-state index contributed by atoms with van der Waals surface area (Å²) in [5.41, 5.74) is 0.950. The summed E-state index contributed by atoms with van der Waals surface area (Å²) in [6.07, 6.45) is 4.69. The fourth-order valence-corrected chi connectivity index (χ4v) is 1.48. The second-order valence-electron chi connectivity index (χ2n) is 1.95. The van der Waals surface area contributed by atoms with E-state index in [1.807, 2.05) is 8.98 Å². The largest absolute Gasteiger partial charge is 0.275 e. The van der Waals surface area contributed by atoms with Crippen LogP contribution in [0, 0.1) is 0 Å². The average molecular weight is 248 g/mol. The van der Waals surface area contributed by atoms with Gasteiger partial charge < -0.3 is 0 Å². The molecular formula is C7H9IN2. The van der Waals surface area contributed by atoms with Gasteiger partial charge in [0.25, 0.3) is 0 Å². The van der Waals surface area contributed by atoms with Crippen LogP contribution in [0.2, 0.25) is 0 Å². The minimum atomic E-state index is 0.950. The molecule has 0 fully saturated rings. The number of halogens is 1. The summed E-state index contributed by atoms with van der Waals surface area (Å²) in [6, 6.07) is 0. The van der Waals surface area contributed by atoms with Crippen molar-refractivity contribution in [1.29, 1.82) is 0 Å². The molecule has 0 unspecified atom stereocenters. The lowest BCUT2D eigenvalue weighted by Crippen LogP contribution is -1.86. The highest BCUT2D eigenvalue weighted by Gasteiger charge is 1.99. The maximum atomic E-state index is 4.28. The molecule has 0 aliphatic rings. The lowest BCUT2D eigenvalue weighted by molar-refractivity contribution is 0.976. The molecule has 1 heterocycles. The number of hydrogen-bond donors (Lipinski definition) is 0. The van der Waals surface area contributed by atoms with Crippen LogP contribution in [-0.4, -0.2) is 7.76 Å². The van der Waals surface area contributed by atoms with Crippen LogP contribution in [0.5, 0.6) is 0 Å². The predicted molar refractivity (Wildman–Crippen MR) is 51.1 cm³/mol. The smallest absolute Gasteiger partial charge is 0.117 e. The molecule has 0 bridgehead atoms. The molecule has 1 aromatic heterocycles. The monoisotopic (exact) mass is 248 g/mol. The van der Waals surface area contributed by atoms with E-state index in [2.05, 4.69) is 41.4 Å². The van der Waals surface area contributed by atoms with Crippen LogP contribution in [0.1, 0.15) is 18.4 Å². The van der Waals surface area contributed by atoms with Crippen molar-refractivity contribution in [1.82, 2.24) is 7.76 Å². The maximum absolute atomic E-state index is 4.28. The van der Waals surface area contributed by atoms with Gasteiger partial charge in [0, 0.05) is 12.6 Å². The molecule has 0 saturated carbocycles. The van der Waals surface area contributed by atoms with Crippen molar-refractivity contribution in [3.05, 3.63) is 24.3 Å². The van der Waals surface area contributed by atoms with Crippen molar-refractivity contribution in [3.63, 3.8) is 0 Å². The van der Waals surface area contributed by atoms with Crippen molar-refractivity contribution in [3.8, 4) is 0 Å². The normalized spacial score (nSPS) is 9.80. The van der Waals surface area contributed by atoms with Crippen LogP contribution < -0.4 is 0 Å². The number of imidazole rings is 1. The minimum Gasteiger partial charge on any atom is -0.275 e. The van der Waals surface area contributed by atoms with Crippen LogP contribution in [0.3, 0.4) is 0 Å². The number of nitrogens with zero attached hydrogens (tertiary/aromatic N) is 2. The molecule has 0 spiro atoms. The fraction of sp³-hybridized carbons (Fsp3) is 0.286. The number of aryl methyl sites for hydroxylation is 1. The van der Waals surface area contributed by atoms with E-state index >= 15 is 0 Å². The minimum absolute atomic E-state index is 0.950. The van der Waals surface area contributed by atoms with Crippen molar-refractivity contribution in [2.24, 2.45) is 0 Å². The van der Waals surface area contributed by atoms with E-state index in [0.717, 1.165) is 17.9 Å². The quantitative estimate of drug-likeness (QED) is 0.734. The molecule has 0 N–H and O–H groups in total. The maximum Gasteiger partial charge on any atom is 0.117 e. The third-order valence-electron chi connectivity index (χ3n) is 1.28. The van der Waals surface area contributed by atoms with Crippen LogP contribution >= 0.6 is 22.9 Å². The molecule has 0 aliphatic heterocycles. The lowest BCUT2D eigenvalue weighted by Gasteiger charge is -1.89. The van der Waals surface area contributed by atoms with E-state index in [9.17, 15) is 0 Å². The fourth-order valence-electron chi connectivity index (χ4n) is 0.745. The SMILES string of the molecule is C=Cc1cn(I)c(CC)n1. The van der Waals surface area contributed by atoms with Gasteiger partial charge in [0.05, 0.1) is 28.6 Å². The van der Waals surface area contributed by atoms with Gasteiger partial charge in [0.1, 0.15) is 5.82 Å². The second-order valence-corrected chi connectivity index (χ2v) is 2.99. The standard InChI is InChI=1S/C7H9IN2/c1-3-6-5-10(8)7(4-2)9-6/h3,5H,1,4H2,2H3. The van der Waals surface area contributed by atoms with Gasteiger partial charge in [-0.2, -0.15) is 0 Å². The van der Waals surface area contributed by atoms with Gasteiger partial charge >= 0.3 is 0 Å². The van der Waals surface area contributed by atoms with Crippen molar-refractivity contribution >= 4 is 28.9 Å². The van der Waals surface area contributed by atoms with E-state index in [1.165, 1.54) is 0 Å². The van der Waals surface area contributed by atoms with Gasteiger partial charge in [-0.25, -0.2) is 4.98 Å². The highest BCUT2D eigenvalue weighted by molar-refractivity contribution is 14.1. The zero-order chi connectivity index (χ0) is 7.56. The van der Waals surface area contributed by atoms with Crippen molar-refractivity contribution in [2.75, 3.05) is 0 Å². The summed E-state index contributed by atoms with van der Waals surface area (Å²) in [6.45, 7) is 5.73. The zero-order valence-electron chi connectivity index (χ0n) is 5.84. The number of hydrogen-bond acceptors (Lipinski definition) is 1. The molecule has 0 aromatic carbocycles. The summed E-state index contributed by atoms with van der Waals surface area (Å²) in [5.74, 6) is 1.09. The predicted octanol–water partition coefficient (Wildman–Crippen LogP) is 2.29. The van der Waals surface area contributed by atoms with E-state index in [0.29, 0.717) is 0 Å². The third kappa shape index (κ3) is 1.39. The van der Waals surface area contributed by atoms with Gasteiger partial charge in [-0.15, -0.1) is 0 Å². The molecule has 3 heteroatoms. The van der Waals surface area contributed by atoms with Crippen molar-refractivity contribution in [2.45, 2.75) is 13.3 Å². The first kappa shape index (κ1) is 7.78. The van der Waals surface area contributed by atoms with E-state index in [-0.39, 0.29) is 0 Å². The average Bonchev–Trinajstić information content (AvgIpc) is 2.30. The topological polar surface area (TPSA) is 17.8 Å².